The molecule has 0 spiro atoms. The van der Waals surface area contributed by atoms with Crippen LogP contribution >= 0.6 is 0 Å². The van der Waals surface area contributed by atoms with Crippen molar-refractivity contribution in [2.24, 2.45) is 0 Å². The average molecular weight is 352 g/mol. The fourth-order valence-electron chi connectivity index (χ4n) is 2.79. The number of nitrogens with zero attached hydrogens (tertiary/aromatic N) is 4. The topological polar surface area (TPSA) is 81.4 Å². The number of halogens is 2. The number of hydrogen-bond donors (Lipinski definition) is 0. The Morgan fingerprint density at radius 2 is 2.32 bits per heavy atom. The van der Waals surface area contributed by atoms with Gasteiger partial charge in [0.05, 0.1) is 13.2 Å². The summed E-state index contributed by atoms with van der Waals surface area (Å²) in [7, 11) is 1.54. The van der Waals surface area contributed by atoms with Crippen LogP contribution in [0.4, 0.5) is 8.78 Å². The molecule has 9 heteroatoms. The molecule has 2 aromatic rings. The van der Waals surface area contributed by atoms with Gasteiger partial charge in [0.15, 0.2) is 5.82 Å². The van der Waals surface area contributed by atoms with E-state index in [-0.39, 0.29) is 11.6 Å². The van der Waals surface area contributed by atoms with E-state index in [0.29, 0.717) is 24.4 Å². The van der Waals surface area contributed by atoms with Crippen molar-refractivity contribution in [3.05, 3.63) is 41.3 Å². The normalized spacial score (nSPS) is 19.4. The zero-order chi connectivity index (χ0) is 18.0. The molecule has 0 bridgehead atoms. The minimum Gasteiger partial charge on any atom is -0.384 e. The van der Waals surface area contributed by atoms with E-state index in [1.54, 1.807) is 19.1 Å². The van der Waals surface area contributed by atoms with Crippen molar-refractivity contribution in [3.8, 4) is 0 Å². The molecule has 134 valence electrons. The van der Waals surface area contributed by atoms with Crippen molar-refractivity contribution in [1.29, 1.82) is 0 Å². The number of aromatic nitrogens is 3. The summed E-state index contributed by atoms with van der Waals surface area (Å²) in [5.41, 5.74) is 0.761. The fraction of sp³-hybridized carbons (Fsp3) is 0.500. The van der Waals surface area contributed by atoms with Crippen molar-refractivity contribution in [1.82, 2.24) is 20.0 Å². The largest absolute Gasteiger partial charge is 0.384 e. The van der Waals surface area contributed by atoms with Crippen LogP contribution in [0.5, 0.6) is 0 Å². The van der Waals surface area contributed by atoms with Gasteiger partial charge in [-0.1, -0.05) is 11.2 Å². The van der Waals surface area contributed by atoms with Gasteiger partial charge in [-0.15, -0.1) is 0 Å². The number of alkyl halides is 2. The van der Waals surface area contributed by atoms with E-state index in [1.165, 1.54) is 13.3 Å². The van der Waals surface area contributed by atoms with Gasteiger partial charge in [-0.25, -0.2) is 8.78 Å². The zero-order valence-corrected chi connectivity index (χ0v) is 13.9. The maximum Gasteiger partial charge on any atom is 0.273 e. The number of carbonyl (C=O) groups excluding carboxylic acids is 1. The van der Waals surface area contributed by atoms with Crippen molar-refractivity contribution >= 4 is 5.91 Å². The number of ether oxygens (including phenoxy) is 1. The van der Waals surface area contributed by atoms with Crippen LogP contribution in [0.2, 0.25) is 0 Å². The van der Waals surface area contributed by atoms with Crippen LogP contribution in [-0.4, -0.2) is 52.1 Å². The number of aryl methyl sites for hydroxylation is 1. The van der Waals surface area contributed by atoms with Crippen molar-refractivity contribution in [2.45, 2.75) is 31.7 Å². The van der Waals surface area contributed by atoms with Crippen LogP contribution < -0.4 is 0 Å². The lowest BCUT2D eigenvalue weighted by atomic mass is 10.1. The predicted molar refractivity (Wildman–Crippen MR) is 82.2 cm³/mol. The Morgan fingerprint density at radius 1 is 1.52 bits per heavy atom. The van der Waals surface area contributed by atoms with E-state index >= 15 is 0 Å². The van der Waals surface area contributed by atoms with Crippen molar-refractivity contribution in [3.63, 3.8) is 0 Å². The number of hydrogen-bond acceptors (Lipinski definition) is 6. The highest BCUT2D eigenvalue weighted by Gasteiger charge is 2.50. The Balaban J connectivity index is 1.87. The number of amides is 1. The molecule has 1 fully saturated rings. The summed E-state index contributed by atoms with van der Waals surface area (Å²) < 4.78 is 38.0. The molecule has 0 aliphatic carbocycles. The molecule has 1 aliphatic rings. The number of likely N-dealkylation sites (tertiary alicyclic amines) is 1. The lowest BCUT2D eigenvalue weighted by Crippen LogP contribution is -2.34. The second kappa shape index (κ2) is 6.83. The Labute approximate surface area is 143 Å². The third-order valence-corrected chi connectivity index (χ3v) is 4.04. The first kappa shape index (κ1) is 17.4. The number of carbonyl (C=O) groups is 1. The summed E-state index contributed by atoms with van der Waals surface area (Å²) >= 11 is 0. The van der Waals surface area contributed by atoms with E-state index in [0.717, 1.165) is 4.90 Å². The summed E-state index contributed by atoms with van der Waals surface area (Å²) in [6.07, 6.45) is 1.30. The molecule has 1 saturated heterocycles. The molecular formula is C16H18F2N4O3. The molecule has 3 heterocycles. The average Bonchev–Trinajstić information content (AvgIpc) is 3.16. The van der Waals surface area contributed by atoms with E-state index in [4.69, 9.17) is 9.26 Å². The molecular weight excluding hydrogens is 334 g/mol. The van der Waals surface area contributed by atoms with Crippen molar-refractivity contribution in [2.75, 3.05) is 20.3 Å². The Morgan fingerprint density at radius 3 is 3.04 bits per heavy atom. The highest BCUT2D eigenvalue weighted by molar-refractivity contribution is 5.94. The number of pyridine rings is 1. The van der Waals surface area contributed by atoms with Gasteiger partial charge in [0.25, 0.3) is 11.8 Å². The Kier molecular flexibility index (Phi) is 4.76. The molecule has 0 unspecified atom stereocenters. The third-order valence-electron chi connectivity index (χ3n) is 4.04. The van der Waals surface area contributed by atoms with Crippen LogP contribution in [0.15, 0.2) is 22.9 Å². The van der Waals surface area contributed by atoms with Crippen LogP contribution in [0.3, 0.4) is 0 Å². The van der Waals surface area contributed by atoms with Gasteiger partial charge >= 0.3 is 0 Å². The predicted octanol–water partition coefficient (Wildman–Crippen LogP) is 2.18. The summed E-state index contributed by atoms with van der Waals surface area (Å²) in [4.78, 5) is 22.0. The molecule has 3 rings (SSSR count). The van der Waals surface area contributed by atoms with Crippen LogP contribution in [0.1, 0.15) is 40.2 Å². The van der Waals surface area contributed by atoms with Gasteiger partial charge in [-0.3, -0.25) is 9.78 Å². The van der Waals surface area contributed by atoms with Crippen molar-refractivity contribution < 1.29 is 22.8 Å². The van der Waals surface area contributed by atoms with Gasteiger partial charge in [-0.2, -0.15) is 4.98 Å². The van der Waals surface area contributed by atoms with Gasteiger partial charge in [-0.05, 0) is 18.6 Å². The molecule has 0 radical (unpaired) electrons. The minimum atomic E-state index is -3.02. The number of rotatable bonds is 5. The third kappa shape index (κ3) is 3.65. The van der Waals surface area contributed by atoms with Crippen LogP contribution in [0, 0.1) is 6.92 Å². The maximum atomic E-state index is 14.0. The van der Waals surface area contributed by atoms with E-state index in [1.807, 2.05) is 0 Å². The summed E-state index contributed by atoms with van der Waals surface area (Å²) in [6, 6.07) is 2.41. The molecule has 0 saturated carbocycles. The molecule has 2 aromatic heterocycles. The standard InChI is InChI=1S/C16H18F2N4O3/c1-10-4-3-6-19-13(10)15(23)22-9-16(17,18)8-11(22)14-20-12(21-25-14)5-7-24-2/h3-4,6,11H,5,7-9H2,1-2H3/t11-/m0/s1. The maximum absolute atomic E-state index is 14.0. The van der Waals surface area contributed by atoms with E-state index in [2.05, 4.69) is 15.1 Å². The van der Waals surface area contributed by atoms with Gasteiger partial charge in [0.2, 0.25) is 5.89 Å². The highest BCUT2D eigenvalue weighted by atomic mass is 19.3. The second-order valence-corrected chi connectivity index (χ2v) is 5.97. The van der Waals surface area contributed by atoms with E-state index in [9.17, 15) is 13.6 Å². The van der Waals surface area contributed by atoms with Gasteiger partial charge < -0.3 is 14.2 Å². The lowest BCUT2D eigenvalue weighted by molar-refractivity contribution is 0.0116. The quantitative estimate of drug-likeness (QED) is 0.820. The lowest BCUT2D eigenvalue weighted by Gasteiger charge is -2.21. The Hall–Kier alpha value is -2.42. The van der Waals surface area contributed by atoms with Gasteiger partial charge in [0.1, 0.15) is 11.7 Å². The smallest absolute Gasteiger partial charge is 0.273 e. The summed E-state index contributed by atoms with van der Waals surface area (Å²) in [6.45, 7) is 1.39. The SMILES string of the molecule is COCCc1noc([C@@H]2CC(F)(F)CN2C(=O)c2ncccc2C)n1. The number of methoxy groups -OCH3 is 1. The molecule has 25 heavy (non-hydrogen) atoms. The minimum absolute atomic E-state index is 0.00483. The van der Waals surface area contributed by atoms with Gasteiger partial charge in [0, 0.05) is 26.1 Å². The molecule has 1 atom stereocenters. The molecule has 7 nitrogen and oxygen atoms in total. The van der Waals surface area contributed by atoms with Crippen LogP contribution in [0.25, 0.3) is 0 Å². The second-order valence-electron chi connectivity index (χ2n) is 5.97. The fourth-order valence-corrected chi connectivity index (χ4v) is 2.79. The Bertz CT molecular complexity index is 765. The molecule has 1 aliphatic heterocycles. The molecule has 1 amide bonds. The molecule has 0 aromatic carbocycles. The first-order chi connectivity index (χ1) is 11.9. The summed E-state index contributed by atoms with van der Waals surface area (Å²) in [5, 5.41) is 3.77. The highest BCUT2D eigenvalue weighted by Crippen LogP contribution is 2.41. The monoisotopic (exact) mass is 352 g/mol. The first-order valence-electron chi connectivity index (χ1n) is 7.83. The molecule has 0 N–H and O–H groups in total. The van der Waals surface area contributed by atoms with E-state index < -0.39 is 30.8 Å². The first-order valence-corrected chi connectivity index (χ1v) is 7.83. The zero-order valence-electron chi connectivity index (χ0n) is 13.9. The van der Waals surface area contributed by atoms with Crippen LogP contribution in [-0.2, 0) is 11.2 Å². The summed E-state index contributed by atoms with van der Waals surface area (Å²) in [5.74, 6) is -3.24.